The molecule has 140 valence electrons. The topological polar surface area (TPSA) is 46.5 Å². The van der Waals surface area contributed by atoms with Crippen molar-refractivity contribution in [2.45, 2.75) is 51.9 Å². The van der Waals surface area contributed by atoms with E-state index in [1.807, 2.05) is 12.1 Å². The van der Waals surface area contributed by atoms with Gasteiger partial charge in [0.1, 0.15) is 0 Å². The van der Waals surface area contributed by atoms with E-state index in [0.717, 1.165) is 37.2 Å². The summed E-state index contributed by atoms with van der Waals surface area (Å²) in [5.74, 6) is -0.896. The first-order valence-electron chi connectivity index (χ1n) is 9.71. The van der Waals surface area contributed by atoms with E-state index in [0.29, 0.717) is 5.56 Å². The number of unbranched alkanes of at least 4 members (excludes halogenated alkanes) is 5. The molecule has 3 nitrogen and oxygen atoms in total. The van der Waals surface area contributed by atoms with Crippen LogP contribution in [-0.4, -0.2) is 24.3 Å². The minimum atomic E-state index is -0.896. The highest BCUT2D eigenvalue weighted by Crippen LogP contribution is 2.20. The lowest BCUT2D eigenvalue weighted by Gasteiger charge is -2.07. The van der Waals surface area contributed by atoms with Gasteiger partial charge in [-0.05, 0) is 41.7 Å². The van der Waals surface area contributed by atoms with Crippen molar-refractivity contribution in [3.05, 3.63) is 59.7 Å². The van der Waals surface area contributed by atoms with E-state index < -0.39 is 5.97 Å². The summed E-state index contributed by atoms with van der Waals surface area (Å²) < 4.78 is 5.74. The molecule has 0 aliphatic rings. The smallest absolute Gasteiger partial charge is 0.335 e. The van der Waals surface area contributed by atoms with Crippen LogP contribution in [0, 0.1) is 0 Å². The van der Waals surface area contributed by atoms with Gasteiger partial charge in [-0.25, -0.2) is 4.79 Å². The summed E-state index contributed by atoms with van der Waals surface area (Å²) in [4.78, 5) is 10.9. The van der Waals surface area contributed by atoms with Crippen LogP contribution in [0.5, 0.6) is 0 Å². The standard InChI is InChI=1S/C23H30O3/c1-2-3-4-5-6-7-17-26-18-16-19-8-10-20(11-9-19)21-12-14-22(15-13-21)23(24)25/h8-15H,2-7,16-18H2,1H3,(H,24,25). The van der Waals surface area contributed by atoms with Crippen LogP contribution in [0.2, 0.25) is 0 Å². The molecular formula is C23H30O3. The van der Waals surface area contributed by atoms with Crippen molar-refractivity contribution in [1.29, 1.82) is 0 Å². The molecule has 0 bridgehead atoms. The van der Waals surface area contributed by atoms with Crippen LogP contribution >= 0.6 is 0 Å². The zero-order chi connectivity index (χ0) is 18.6. The van der Waals surface area contributed by atoms with Crippen molar-refractivity contribution < 1.29 is 14.6 Å². The Hall–Kier alpha value is -2.13. The van der Waals surface area contributed by atoms with Crippen molar-refractivity contribution in [3.8, 4) is 11.1 Å². The Bertz CT molecular complexity index is 644. The van der Waals surface area contributed by atoms with Crippen LogP contribution in [0.4, 0.5) is 0 Å². The minimum Gasteiger partial charge on any atom is -0.478 e. The molecule has 2 aromatic carbocycles. The van der Waals surface area contributed by atoms with Crippen molar-refractivity contribution in [3.63, 3.8) is 0 Å². The summed E-state index contributed by atoms with van der Waals surface area (Å²) in [6.45, 7) is 3.87. The maximum atomic E-state index is 10.9. The second-order valence-electron chi connectivity index (χ2n) is 6.71. The number of benzene rings is 2. The second-order valence-corrected chi connectivity index (χ2v) is 6.71. The van der Waals surface area contributed by atoms with Crippen LogP contribution < -0.4 is 0 Å². The lowest BCUT2D eigenvalue weighted by atomic mass is 10.0. The molecule has 0 aliphatic heterocycles. The van der Waals surface area contributed by atoms with E-state index in [4.69, 9.17) is 9.84 Å². The quantitative estimate of drug-likeness (QED) is 0.478. The highest BCUT2D eigenvalue weighted by Gasteiger charge is 2.03. The summed E-state index contributed by atoms with van der Waals surface area (Å²) in [5, 5.41) is 8.96. The van der Waals surface area contributed by atoms with Crippen molar-refractivity contribution in [2.75, 3.05) is 13.2 Å². The molecule has 0 unspecified atom stereocenters. The number of hydrogen-bond donors (Lipinski definition) is 1. The third-order valence-electron chi connectivity index (χ3n) is 4.60. The second kappa shape index (κ2) is 11.5. The van der Waals surface area contributed by atoms with Crippen LogP contribution in [0.1, 0.15) is 61.4 Å². The molecule has 0 spiro atoms. The lowest BCUT2D eigenvalue weighted by molar-refractivity contribution is 0.0697. The molecule has 0 saturated carbocycles. The Balaban J connectivity index is 1.68. The van der Waals surface area contributed by atoms with Crippen LogP contribution in [0.3, 0.4) is 0 Å². The molecule has 0 atom stereocenters. The first kappa shape index (κ1) is 20.2. The number of rotatable bonds is 12. The molecule has 3 heteroatoms. The van der Waals surface area contributed by atoms with Gasteiger partial charge in [-0.3, -0.25) is 0 Å². The Morgan fingerprint density at radius 2 is 1.38 bits per heavy atom. The van der Waals surface area contributed by atoms with Gasteiger partial charge in [0.25, 0.3) is 0 Å². The zero-order valence-electron chi connectivity index (χ0n) is 15.7. The molecule has 1 N–H and O–H groups in total. The molecule has 2 aromatic rings. The van der Waals surface area contributed by atoms with Gasteiger partial charge in [-0.15, -0.1) is 0 Å². The predicted molar refractivity (Wildman–Crippen MR) is 107 cm³/mol. The molecule has 0 aliphatic carbocycles. The number of carbonyl (C=O) groups is 1. The fourth-order valence-electron chi connectivity index (χ4n) is 2.95. The molecule has 0 fully saturated rings. The van der Waals surface area contributed by atoms with Gasteiger partial charge in [0.15, 0.2) is 0 Å². The molecule has 2 rings (SSSR count). The SMILES string of the molecule is CCCCCCCCOCCc1ccc(-c2ccc(C(=O)O)cc2)cc1. The average Bonchev–Trinajstić information content (AvgIpc) is 2.67. The minimum absolute atomic E-state index is 0.313. The normalized spacial score (nSPS) is 10.8. The van der Waals surface area contributed by atoms with E-state index in [2.05, 4.69) is 31.2 Å². The van der Waals surface area contributed by atoms with Gasteiger partial charge in [-0.1, -0.05) is 75.4 Å². The molecule has 0 aromatic heterocycles. The van der Waals surface area contributed by atoms with Crippen molar-refractivity contribution in [2.24, 2.45) is 0 Å². The Morgan fingerprint density at radius 3 is 2.00 bits per heavy atom. The van der Waals surface area contributed by atoms with Crippen molar-refractivity contribution >= 4 is 5.97 Å². The van der Waals surface area contributed by atoms with Gasteiger partial charge in [0, 0.05) is 6.61 Å². The zero-order valence-corrected chi connectivity index (χ0v) is 15.7. The molecule has 26 heavy (non-hydrogen) atoms. The fraction of sp³-hybridized carbons (Fsp3) is 0.435. The van der Waals surface area contributed by atoms with E-state index >= 15 is 0 Å². The number of carboxylic acids is 1. The number of aromatic carboxylic acids is 1. The fourth-order valence-corrected chi connectivity index (χ4v) is 2.95. The average molecular weight is 354 g/mol. The summed E-state index contributed by atoms with van der Waals surface area (Å²) in [6, 6.07) is 15.4. The van der Waals surface area contributed by atoms with Gasteiger partial charge >= 0.3 is 5.97 Å². The van der Waals surface area contributed by atoms with Gasteiger partial charge in [0.2, 0.25) is 0 Å². The summed E-state index contributed by atoms with van der Waals surface area (Å²) in [5.41, 5.74) is 3.70. The van der Waals surface area contributed by atoms with Gasteiger partial charge < -0.3 is 9.84 Å². The largest absolute Gasteiger partial charge is 0.478 e. The molecule has 0 radical (unpaired) electrons. The van der Waals surface area contributed by atoms with Gasteiger partial charge in [0.05, 0.1) is 12.2 Å². The third-order valence-corrected chi connectivity index (χ3v) is 4.60. The highest BCUT2D eigenvalue weighted by atomic mass is 16.5. The van der Waals surface area contributed by atoms with Gasteiger partial charge in [-0.2, -0.15) is 0 Å². The van der Waals surface area contributed by atoms with E-state index in [9.17, 15) is 4.79 Å². The number of ether oxygens (including phenoxy) is 1. The van der Waals surface area contributed by atoms with Crippen molar-refractivity contribution in [1.82, 2.24) is 0 Å². The Morgan fingerprint density at radius 1 is 0.808 bits per heavy atom. The Kier molecular flexibility index (Phi) is 8.91. The molecule has 0 amide bonds. The Labute approximate surface area is 157 Å². The van der Waals surface area contributed by atoms with E-state index in [1.54, 1.807) is 12.1 Å². The van der Waals surface area contributed by atoms with Crippen LogP contribution in [-0.2, 0) is 11.2 Å². The van der Waals surface area contributed by atoms with Crippen LogP contribution in [0.25, 0.3) is 11.1 Å². The van der Waals surface area contributed by atoms with E-state index in [-0.39, 0.29) is 0 Å². The third kappa shape index (κ3) is 7.01. The highest BCUT2D eigenvalue weighted by molar-refractivity contribution is 5.88. The van der Waals surface area contributed by atoms with Crippen LogP contribution in [0.15, 0.2) is 48.5 Å². The monoisotopic (exact) mass is 354 g/mol. The summed E-state index contributed by atoms with van der Waals surface area (Å²) in [7, 11) is 0. The number of hydrogen-bond acceptors (Lipinski definition) is 2. The molecule has 0 heterocycles. The number of carboxylic acid groups (broad SMARTS) is 1. The maximum absolute atomic E-state index is 10.9. The molecular weight excluding hydrogens is 324 g/mol. The first-order valence-corrected chi connectivity index (χ1v) is 9.71. The molecule has 0 saturated heterocycles. The predicted octanol–water partition coefficient (Wildman–Crippen LogP) is 5.97. The summed E-state index contributed by atoms with van der Waals surface area (Å²) >= 11 is 0. The summed E-state index contributed by atoms with van der Waals surface area (Å²) in [6.07, 6.45) is 8.68. The maximum Gasteiger partial charge on any atom is 0.335 e. The van der Waals surface area contributed by atoms with E-state index in [1.165, 1.54) is 37.7 Å². The lowest BCUT2D eigenvalue weighted by Crippen LogP contribution is -2.00. The first-order chi connectivity index (χ1) is 12.7.